The number of fused-ring (bicyclic) bond motifs is 2. The minimum atomic E-state index is 0.145. The van der Waals surface area contributed by atoms with Crippen molar-refractivity contribution < 1.29 is 4.79 Å². The molecule has 1 amide bonds. The average Bonchev–Trinajstić information content (AvgIpc) is 3.24. The molecule has 4 rings (SSSR count). The van der Waals surface area contributed by atoms with Crippen LogP contribution in [0.2, 0.25) is 0 Å². The van der Waals surface area contributed by atoms with Gasteiger partial charge in [0.05, 0.1) is 5.92 Å². The average molecular weight is 291 g/mol. The molecule has 2 aliphatic carbocycles. The Hall–Kier alpha value is -0.610. The van der Waals surface area contributed by atoms with Crippen molar-refractivity contribution in [3.05, 3.63) is 0 Å². The third-order valence-corrected chi connectivity index (χ3v) is 6.70. The molecule has 2 bridgehead atoms. The topological polar surface area (TPSA) is 49.6 Å². The predicted molar refractivity (Wildman–Crippen MR) is 82.7 cm³/mol. The maximum Gasteiger partial charge on any atom is 0.227 e. The van der Waals surface area contributed by atoms with Gasteiger partial charge in [0.15, 0.2) is 0 Å². The fraction of sp³-hybridized carbons (Fsp3) is 0.941. The van der Waals surface area contributed by atoms with Crippen molar-refractivity contribution in [3.8, 4) is 0 Å². The summed E-state index contributed by atoms with van der Waals surface area (Å²) in [5.74, 6) is 1.75. The zero-order valence-corrected chi connectivity index (χ0v) is 13.0. The summed E-state index contributed by atoms with van der Waals surface area (Å²) >= 11 is 0. The van der Waals surface area contributed by atoms with Crippen LogP contribution in [-0.2, 0) is 4.79 Å². The number of carbonyl (C=O) groups is 1. The van der Waals surface area contributed by atoms with E-state index < -0.39 is 0 Å². The van der Waals surface area contributed by atoms with E-state index in [0.717, 1.165) is 19.1 Å². The molecule has 0 aromatic carbocycles. The van der Waals surface area contributed by atoms with E-state index in [4.69, 9.17) is 5.73 Å². The quantitative estimate of drug-likeness (QED) is 0.838. The van der Waals surface area contributed by atoms with Crippen LogP contribution in [0.25, 0.3) is 0 Å². The first kappa shape index (κ1) is 14.0. The van der Waals surface area contributed by atoms with Gasteiger partial charge in [-0.3, -0.25) is 4.79 Å². The Morgan fingerprint density at radius 2 is 1.57 bits per heavy atom. The number of hydrogen-bond donors (Lipinski definition) is 1. The van der Waals surface area contributed by atoms with Gasteiger partial charge in [-0.05, 0) is 69.9 Å². The summed E-state index contributed by atoms with van der Waals surface area (Å²) < 4.78 is 0. The highest BCUT2D eigenvalue weighted by atomic mass is 16.2. The number of rotatable bonds is 2. The fourth-order valence-electron chi connectivity index (χ4n) is 5.47. The monoisotopic (exact) mass is 291 g/mol. The summed E-state index contributed by atoms with van der Waals surface area (Å²) in [6.07, 6.45) is 8.76. The third kappa shape index (κ3) is 2.40. The van der Waals surface area contributed by atoms with E-state index in [0.29, 0.717) is 17.7 Å². The molecule has 0 aromatic rings. The molecule has 2 N–H and O–H groups in total. The molecule has 4 aliphatic rings. The van der Waals surface area contributed by atoms with Crippen LogP contribution >= 0.6 is 0 Å². The first-order valence-corrected chi connectivity index (χ1v) is 9.02. The summed E-state index contributed by atoms with van der Waals surface area (Å²) in [5.41, 5.74) is 6.34. The third-order valence-electron chi connectivity index (χ3n) is 6.70. The number of nitrogens with two attached hydrogens (primary N) is 1. The number of carbonyl (C=O) groups excluding carboxylic acids is 1. The van der Waals surface area contributed by atoms with Gasteiger partial charge in [0, 0.05) is 25.2 Å². The van der Waals surface area contributed by atoms with Gasteiger partial charge in [-0.2, -0.15) is 0 Å². The van der Waals surface area contributed by atoms with Crippen LogP contribution in [0.5, 0.6) is 0 Å². The molecule has 118 valence electrons. The SMILES string of the molecule is NC1C2CCC(C2)C1C(=O)N1CCC(N2CCCC2)CC1. The van der Waals surface area contributed by atoms with Gasteiger partial charge < -0.3 is 15.5 Å². The highest BCUT2D eigenvalue weighted by Crippen LogP contribution is 2.48. The second kappa shape index (κ2) is 5.54. The molecule has 0 spiro atoms. The maximum absolute atomic E-state index is 12.9. The molecular weight excluding hydrogens is 262 g/mol. The van der Waals surface area contributed by atoms with Crippen molar-refractivity contribution in [2.45, 2.75) is 57.0 Å². The van der Waals surface area contributed by atoms with Crippen molar-refractivity contribution >= 4 is 5.91 Å². The van der Waals surface area contributed by atoms with Crippen molar-refractivity contribution in [2.75, 3.05) is 26.2 Å². The lowest BCUT2D eigenvalue weighted by Crippen LogP contribution is -2.51. The Kier molecular flexibility index (Phi) is 3.70. The lowest BCUT2D eigenvalue weighted by atomic mass is 9.83. The van der Waals surface area contributed by atoms with Crippen LogP contribution in [0.15, 0.2) is 0 Å². The van der Waals surface area contributed by atoms with Gasteiger partial charge in [-0.15, -0.1) is 0 Å². The number of likely N-dealkylation sites (tertiary alicyclic amines) is 2. The fourth-order valence-corrected chi connectivity index (χ4v) is 5.47. The van der Waals surface area contributed by atoms with Crippen LogP contribution in [0, 0.1) is 17.8 Å². The Morgan fingerprint density at radius 1 is 0.905 bits per heavy atom. The Balaban J connectivity index is 1.34. The zero-order chi connectivity index (χ0) is 14.4. The minimum Gasteiger partial charge on any atom is -0.342 e. The number of piperidine rings is 1. The standard InChI is InChI=1S/C17H29N3O/c18-16-13-4-3-12(11-13)15(16)17(21)20-9-5-14(6-10-20)19-7-1-2-8-19/h12-16H,1-11,18H2. The number of nitrogens with zero attached hydrogens (tertiary/aromatic N) is 2. The summed E-state index contributed by atoms with van der Waals surface area (Å²) in [6.45, 7) is 4.47. The van der Waals surface area contributed by atoms with Crippen molar-refractivity contribution in [2.24, 2.45) is 23.5 Å². The van der Waals surface area contributed by atoms with E-state index in [2.05, 4.69) is 9.80 Å². The maximum atomic E-state index is 12.9. The van der Waals surface area contributed by atoms with E-state index in [-0.39, 0.29) is 12.0 Å². The molecule has 0 radical (unpaired) electrons. The van der Waals surface area contributed by atoms with E-state index in [9.17, 15) is 4.79 Å². The van der Waals surface area contributed by atoms with E-state index >= 15 is 0 Å². The molecule has 4 unspecified atom stereocenters. The molecule has 4 atom stereocenters. The Labute approximate surface area is 128 Å². The minimum absolute atomic E-state index is 0.145. The summed E-state index contributed by atoms with van der Waals surface area (Å²) in [6, 6.07) is 0.873. The van der Waals surface area contributed by atoms with Crippen molar-refractivity contribution in [1.29, 1.82) is 0 Å². The van der Waals surface area contributed by atoms with Gasteiger partial charge >= 0.3 is 0 Å². The molecule has 2 aliphatic heterocycles. The number of hydrogen-bond acceptors (Lipinski definition) is 3. The lowest BCUT2D eigenvalue weighted by molar-refractivity contribution is -0.139. The summed E-state index contributed by atoms with van der Waals surface area (Å²) in [7, 11) is 0. The molecular formula is C17H29N3O. The Morgan fingerprint density at radius 3 is 2.19 bits per heavy atom. The van der Waals surface area contributed by atoms with E-state index in [1.807, 2.05) is 0 Å². The predicted octanol–water partition coefficient (Wildman–Crippen LogP) is 1.45. The Bertz CT molecular complexity index is 397. The van der Waals surface area contributed by atoms with Gasteiger partial charge in [0.1, 0.15) is 0 Å². The largest absolute Gasteiger partial charge is 0.342 e. The van der Waals surface area contributed by atoms with Gasteiger partial charge in [-0.25, -0.2) is 0 Å². The molecule has 4 fully saturated rings. The van der Waals surface area contributed by atoms with Crippen LogP contribution in [0.1, 0.15) is 44.9 Å². The molecule has 0 aromatic heterocycles. The smallest absolute Gasteiger partial charge is 0.227 e. The van der Waals surface area contributed by atoms with Crippen LogP contribution in [0.3, 0.4) is 0 Å². The highest BCUT2D eigenvalue weighted by molar-refractivity contribution is 5.80. The van der Waals surface area contributed by atoms with Crippen LogP contribution in [0.4, 0.5) is 0 Å². The van der Waals surface area contributed by atoms with E-state index in [1.54, 1.807) is 0 Å². The molecule has 2 saturated carbocycles. The summed E-state index contributed by atoms with van der Waals surface area (Å²) in [5, 5.41) is 0. The van der Waals surface area contributed by atoms with Gasteiger partial charge in [0.25, 0.3) is 0 Å². The molecule has 4 nitrogen and oxygen atoms in total. The molecule has 2 saturated heterocycles. The first-order chi connectivity index (χ1) is 10.2. The highest BCUT2D eigenvalue weighted by Gasteiger charge is 2.50. The zero-order valence-electron chi connectivity index (χ0n) is 13.0. The van der Waals surface area contributed by atoms with Crippen LogP contribution < -0.4 is 5.73 Å². The van der Waals surface area contributed by atoms with Crippen LogP contribution in [-0.4, -0.2) is 54.0 Å². The van der Waals surface area contributed by atoms with E-state index in [1.165, 1.54) is 58.0 Å². The van der Waals surface area contributed by atoms with Gasteiger partial charge in [0.2, 0.25) is 5.91 Å². The second-order valence-electron chi connectivity index (χ2n) is 7.74. The first-order valence-electron chi connectivity index (χ1n) is 9.02. The second-order valence-corrected chi connectivity index (χ2v) is 7.74. The molecule has 4 heteroatoms. The lowest BCUT2D eigenvalue weighted by Gasteiger charge is -2.39. The molecule has 21 heavy (non-hydrogen) atoms. The summed E-state index contributed by atoms with van der Waals surface area (Å²) in [4.78, 5) is 17.6. The van der Waals surface area contributed by atoms with Crippen molar-refractivity contribution in [1.82, 2.24) is 9.80 Å². The normalized spacial score (nSPS) is 41.1. The van der Waals surface area contributed by atoms with Crippen molar-refractivity contribution in [3.63, 3.8) is 0 Å². The van der Waals surface area contributed by atoms with Gasteiger partial charge in [-0.1, -0.05) is 0 Å². The molecule has 2 heterocycles. The number of amides is 1.